The maximum Gasteiger partial charge on any atom is 0.207 e. The van der Waals surface area contributed by atoms with Gasteiger partial charge in [-0.25, -0.2) is 0 Å². The predicted molar refractivity (Wildman–Crippen MR) is 63.1 cm³/mol. The fourth-order valence-corrected chi connectivity index (χ4v) is 2.95. The van der Waals surface area contributed by atoms with E-state index in [1.54, 1.807) is 0 Å². The molecule has 84 valence electrons. The van der Waals surface area contributed by atoms with E-state index in [0.717, 1.165) is 23.4 Å². The number of aromatic nitrogens is 2. The molecular formula is C10H16ClN3S. The molecule has 2 heterocycles. The van der Waals surface area contributed by atoms with Gasteiger partial charge in [0.15, 0.2) is 0 Å². The molecule has 0 saturated carbocycles. The number of hydrogen-bond acceptors (Lipinski definition) is 4. The molecule has 1 aromatic heterocycles. The molecule has 1 aliphatic rings. The van der Waals surface area contributed by atoms with Crippen LogP contribution in [-0.2, 0) is 6.54 Å². The fourth-order valence-electron chi connectivity index (χ4n) is 2.04. The smallest absolute Gasteiger partial charge is 0.207 e. The lowest BCUT2D eigenvalue weighted by Gasteiger charge is -2.16. The lowest BCUT2D eigenvalue weighted by atomic mass is 9.95. The lowest BCUT2D eigenvalue weighted by molar-refractivity contribution is 0.296. The van der Waals surface area contributed by atoms with Gasteiger partial charge < -0.3 is 0 Å². The van der Waals surface area contributed by atoms with E-state index >= 15 is 0 Å². The molecule has 0 aliphatic carbocycles. The molecule has 0 amide bonds. The van der Waals surface area contributed by atoms with E-state index in [-0.39, 0.29) is 0 Å². The van der Waals surface area contributed by atoms with Gasteiger partial charge in [0.2, 0.25) is 4.47 Å². The highest BCUT2D eigenvalue weighted by molar-refractivity contribution is 7.15. The van der Waals surface area contributed by atoms with E-state index < -0.39 is 0 Å². The topological polar surface area (TPSA) is 29.0 Å². The van der Waals surface area contributed by atoms with Gasteiger partial charge in [-0.1, -0.05) is 25.2 Å². The van der Waals surface area contributed by atoms with E-state index in [4.69, 9.17) is 11.6 Å². The largest absolute Gasteiger partial charge is 0.296 e. The van der Waals surface area contributed by atoms with Crippen LogP contribution in [0.4, 0.5) is 0 Å². The summed E-state index contributed by atoms with van der Waals surface area (Å²) in [6.45, 7) is 7.88. The SMILES string of the molecule is CC(C)C1CCN(Cc2nnc(Cl)s2)C1. The van der Waals surface area contributed by atoms with Crippen molar-refractivity contribution in [1.82, 2.24) is 15.1 Å². The summed E-state index contributed by atoms with van der Waals surface area (Å²) in [4.78, 5) is 2.45. The van der Waals surface area contributed by atoms with Gasteiger partial charge in [-0.2, -0.15) is 0 Å². The summed E-state index contributed by atoms with van der Waals surface area (Å²) in [5.74, 6) is 1.63. The molecule has 3 nitrogen and oxygen atoms in total. The van der Waals surface area contributed by atoms with Crippen LogP contribution >= 0.6 is 22.9 Å². The zero-order chi connectivity index (χ0) is 10.8. The van der Waals surface area contributed by atoms with E-state index in [9.17, 15) is 0 Å². The van der Waals surface area contributed by atoms with Crippen LogP contribution in [0.5, 0.6) is 0 Å². The molecule has 1 saturated heterocycles. The molecule has 0 N–H and O–H groups in total. The van der Waals surface area contributed by atoms with Gasteiger partial charge >= 0.3 is 0 Å². The molecule has 0 aromatic carbocycles. The summed E-state index contributed by atoms with van der Waals surface area (Å²) in [7, 11) is 0. The first-order chi connectivity index (χ1) is 7.15. The normalized spacial score (nSPS) is 22.8. The summed E-state index contributed by atoms with van der Waals surface area (Å²) in [6.07, 6.45) is 1.31. The third-order valence-corrected chi connectivity index (χ3v) is 4.06. The standard InChI is InChI=1S/C10H16ClN3S/c1-7(2)8-3-4-14(5-8)6-9-12-13-10(11)15-9/h7-8H,3-6H2,1-2H3. The third-order valence-electron chi connectivity index (χ3n) is 3.05. The molecule has 0 radical (unpaired) electrons. The molecule has 2 rings (SSSR count). The minimum Gasteiger partial charge on any atom is -0.296 e. The summed E-state index contributed by atoms with van der Waals surface area (Å²) < 4.78 is 0.546. The molecular weight excluding hydrogens is 230 g/mol. The maximum atomic E-state index is 5.75. The van der Waals surface area contributed by atoms with Gasteiger partial charge in [0.25, 0.3) is 0 Å². The van der Waals surface area contributed by atoms with Crippen LogP contribution in [0.15, 0.2) is 0 Å². The van der Waals surface area contributed by atoms with Crippen LogP contribution < -0.4 is 0 Å². The van der Waals surface area contributed by atoms with Gasteiger partial charge in [-0.05, 0) is 36.4 Å². The molecule has 1 atom stereocenters. The highest BCUT2D eigenvalue weighted by Gasteiger charge is 2.25. The van der Waals surface area contributed by atoms with Gasteiger partial charge in [-0.15, -0.1) is 10.2 Å². The van der Waals surface area contributed by atoms with E-state index in [0.29, 0.717) is 4.47 Å². The Bertz CT molecular complexity index is 326. The summed E-state index contributed by atoms with van der Waals surface area (Å²) in [6, 6.07) is 0. The predicted octanol–water partition coefficient (Wildman–Crippen LogP) is 2.67. The van der Waals surface area contributed by atoms with E-state index in [1.807, 2.05) is 0 Å². The quantitative estimate of drug-likeness (QED) is 0.820. The minimum atomic E-state index is 0.546. The third kappa shape index (κ3) is 2.89. The van der Waals surface area contributed by atoms with Crippen molar-refractivity contribution in [3.05, 3.63) is 9.47 Å². The number of halogens is 1. The van der Waals surface area contributed by atoms with E-state index in [1.165, 1.54) is 30.8 Å². The van der Waals surface area contributed by atoms with Crippen LogP contribution in [-0.4, -0.2) is 28.2 Å². The minimum absolute atomic E-state index is 0.546. The Morgan fingerprint density at radius 2 is 2.33 bits per heavy atom. The first kappa shape index (κ1) is 11.3. The maximum absolute atomic E-state index is 5.75. The van der Waals surface area contributed by atoms with Crippen molar-refractivity contribution in [1.29, 1.82) is 0 Å². The van der Waals surface area contributed by atoms with Crippen molar-refractivity contribution >= 4 is 22.9 Å². The van der Waals surface area contributed by atoms with Crippen molar-refractivity contribution in [3.63, 3.8) is 0 Å². The fraction of sp³-hybridized carbons (Fsp3) is 0.800. The second kappa shape index (κ2) is 4.76. The lowest BCUT2D eigenvalue weighted by Crippen LogP contribution is -2.21. The summed E-state index contributed by atoms with van der Waals surface area (Å²) >= 11 is 7.24. The van der Waals surface area contributed by atoms with Crippen molar-refractivity contribution < 1.29 is 0 Å². The first-order valence-corrected chi connectivity index (χ1v) is 6.55. The zero-order valence-corrected chi connectivity index (χ0v) is 10.7. The average Bonchev–Trinajstić information content (AvgIpc) is 2.76. The Labute approximate surface area is 99.5 Å². The Morgan fingerprint density at radius 1 is 1.53 bits per heavy atom. The molecule has 1 aromatic rings. The Balaban J connectivity index is 1.87. The first-order valence-electron chi connectivity index (χ1n) is 5.35. The Kier molecular flexibility index (Phi) is 3.59. The second-order valence-electron chi connectivity index (χ2n) is 4.48. The van der Waals surface area contributed by atoms with Crippen molar-refractivity contribution in [2.24, 2.45) is 11.8 Å². The van der Waals surface area contributed by atoms with Gasteiger partial charge in [0.05, 0.1) is 6.54 Å². The molecule has 5 heteroatoms. The number of rotatable bonds is 3. The van der Waals surface area contributed by atoms with Crippen LogP contribution in [0.25, 0.3) is 0 Å². The van der Waals surface area contributed by atoms with Crippen molar-refractivity contribution in [2.45, 2.75) is 26.8 Å². The van der Waals surface area contributed by atoms with Gasteiger partial charge in [0.1, 0.15) is 5.01 Å². The Hall–Kier alpha value is -0.190. The second-order valence-corrected chi connectivity index (χ2v) is 6.12. The van der Waals surface area contributed by atoms with Crippen LogP contribution in [0, 0.1) is 11.8 Å². The summed E-state index contributed by atoms with van der Waals surface area (Å²) in [5.41, 5.74) is 0. The van der Waals surface area contributed by atoms with Gasteiger partial charge in [0, 0.05) is 6.54 Å². The molecule has 1 unspecified atom stereocenters. The van der Waals surface area contributed by atoms with Crippen LogP contribution in [0.1, 0.15) is 25.3 Å². The number of likely N-dealkylation sites (tertiary alicyclic amines) is 1. The van der Waals surface area contributed by atoms with Crippen molar-refractivity contribution in [3.8, 4) is 0 Å². The van der Waals surface area contributed by atoms with E-state index in [2.05, 4.69) is 28.9 Å². The highest BCUT2D eigenvalue weighted by atomic mass is 35.5. The Morgan fingerprint density at radius 3 is 2.87 bits per heavy atom. The molecule has 0 spiro atoms. The van der Waals surface area contributed by atoms with Crippen LogP contribution in [0.2, 0.25) is 4.47 Å². The molecule has 15 heavy (non-hydrogen) atoms. The average molecular weight is 246 g/mol. The zero-order valence-electron chi connectivity index (χ0n) is 9.11. The highest BCUT2D eigenvalue weighted by Crippen LogP contribution is 2.25. The van der Waals surface area contributed by atoms with Crippen molar-refractivity contribution in [2.75, 3.05) is 13.1 Å². The summed E-state index contributed by atoms with van der Waals surface area (Å²) in [5, 5.41) is 8.90. The molecule has 1 aliphatic heterocycles. The van der Waals surface area contributed by atoms with Gasteiger partial charge in [-0.3, -0.25) is 4.90 Å². The molecule has 0 bridgehead atoms. The molecule has 1 fully saturated rings. The van der Waals surface area contributed by atoms with Crippen LogP contribution in [0.3, 0.4) is 0 Å². The number of nitrogens with zero attached hydrogens (tertiary/aromatic N) is 3. The monoisotopic (exact) mass is 245 g/mol. The number of hydrogen-bond donors (Lipinski definition) is 0.